The smallest absolute Gasteiger partial charge is 0.222 e. The summed E-state index contributed by atoms with van der Waals surface area (Å²) in [4.78, 5) is 21.0. The fourth-order valence-corrected chi connectivity index (χ4v) is 5.98. The molecule has 3 aromatic rings. The molecule has 0 aromatic heterocycles. The molecule has 0 bridgehead atoms. The highest BCUT2D eigenvalue weighted by molar-refractivity contribution is 7.91. The van der Waals surface area contributed by atoms with Gasteiger partial charge in [0, 0.05) is 62.7 Å². The zero-order chi connectivity index (χ0) is 27.1. The van der Waals surface area contributed by atoms with Crippen molar-refractivity contribution < 1.29 is 13.2 Å². The molecule has 4 rings (SSSR count). The summed E-state index contributed by atoms with van der Waals surface area (Å²) in [6.45, 7) is 2.79. The van der Waals surface area contributed by atoms with E-state index >= 15 is 0 Å². The Morgan fingerprint density at radius 2 is 1.74 bits per heavy atom. The lowest BCUT2D eigenvalue weighted by Gasteiger charge is -2.18. The maximum atomic E-state index is 13.1. The lowest BCUT2D eigenvalue weighted by molar-refractivity contribution is -0.129. The maximum absolute atomic E-state index is 13.1. The lowest BCUT2D eigenvalue weighted by atomic mass is 10.1. The minimum Gasteiger partial charge on any atom is -0.377 e. The van der Waals surface area contributed by atoms with E-state index in [1.165, 1.54) is 5.56 Å². The normalized spacial score (nSPS) is 13.3. The van der Waals surface area contributed by atoms with Crippen molar-refractivity contribution in [3.8, 4) is 0 Å². The number of rotatable bonds is 12. The standard InChI is InChI=1S/C29H37N5O3S/c1-33(2)26-9-4-8-25-24(26)7-5-10-27(25)38(36,37)21-30-17-6-11-28(35)34(3)20-16-22-12-14-23(15-13-22)29-31-18-19-32-29/h4-5,7-10,12-15,30H,6,11,16-21H2,1-3H3,(H,31,32). The molecule has 9 heteroatoms. The number of amidine groups is 1. The molecule has 0 aliphatic carbocycles. The topological polar surface area (TPSA) is 94.1 Å². The van der Waals surface area contributed by atoms with E-state index in [0.717, 1.165) is 47.4 Å². The maximum Gasteiger partial charge on any atom is 0.222 e. The first-order valence-electron chi connectivity index (χ1n) is 13.0. The Labute approximate surface area is 225 Å². The summed E-state index contributed by atoms with van der Waals surface area (Å²) in [5.74, 6) is 0.835. The molecule has 0 radical (unpaired) electrons. The average Bonchev–Trinajstić information content (AvgIpc) is 3.46. The third-order valence-electron chi connectivity index (χ3n) is 6.78. The summed E-state index contributed by atoms with van der Waals surface area (Å²) >= 11 is 0. The number of benzene rings is 3. The number of aliphatic imine (C=N–C) groups is 1. The van der Waals surface area contributed by atoms with Gasteiger partial charge in [-0.1, -0.05) is 48.5 Å². The number of hydrogen-bond donors (Lipinski definition) is 2. The van der Waals surface area contributed by atoms with E-state index in [9.17, 15) is 13.2 Å². The Bertz CT molecular complexity index is 1400. The molecule has 8 nitrogen and oxygen atoms in total. The number of likely N-dealkylation sites (N-methyl/N-ethyl adjacent to an activating group) is 1. The van der Waals surface area contributed by atoms with Crippen LogP contribution in [-0.2, 0) is 21.1 Å². The molecule has 1 amide bonds. The van der Waals surface area contributed by atoms with Gasteiger partial charge in [-0.2, -0.15) is 0 Å². The number of fused-ring (bicyclic) bond motifs is 1. The summed E-state index contributed by atoms with van der Waals surface area (Å²) in [6.07, 6.45) is 1.72. The van der Waals surface area contributed by atoms with Gasteiger partial charge in [-0.15, -0.1) is 0 Å². The summed E-state index contributed by atoms with van der Waals surface area (Å²) in [6, 6.07) is 19.4. The van der Waals surface area contributed by atoms with Crippen LogP contribution in [0.5, 0.6) is 0 Å². The lowest BCUT2D eigenvalue weighted by Crippen LogP contribution is -2.30. The van der Waals surface area contributed by atoms with Gasteiger partial charge in [0.15, 0.2) is 9.84 Å². The van der Waals surface area contributed by atoms with Crippen molar-refractivity contribution in [2.45, 2.75) is 24.2 Å². The molecular weight excluding hydrogens is 498 g/mol. The first-order valence-corrected chi connectivity index (χ1v) is 14.7. The third-order valence-corrected chi connectivity index (χ3v) is 8.39. The van der Waals surface area contributed by atoms with Crippen molar-refractivity contribution in [3.05, 3.63) is 71.8 Å². The van der Waals surface area contributed by atoms with Gasteiger partial charge in [0.25, 0.3) is 0 Å². The quantitative estimate of drug-likeness (QED) is 0.346. The van der Waals surface area contributed by atoms with E-state index in [2.05, 4.69) is 39.9 Å². The van der Waals surface area contributed by atoms with Gasteiger partial charge >= 0.3 is 0 Å². The van der Waals surface area contributed by atoms with Gasteiger partial charge in [0.1, 0.15) is 11.7 Å². The fraction of sp³-hybridized carbons (Fsp3) is 0.379. The molecule has 0 saturated carbocycles. The fourth-order valence-electron chi connectivity index (χ4n) is 4.61. The van der Waals surface area contributed by atoms with E-state index in [-0.39, 0.29) is 11.8 Å². The van der Waals surface area contributed by atoms with Crippen LogP contribution in [0.3, 0.4) is 0 Å². The summed E-state index contributed by atoms with van der Waals surface area (Å²) < 4.78 is 26.2. The zero-order valence-electron chi connectivity index (χ0n) is 22.4. The number of sulfone groups is 1. The van der Waals surface area contributed by atoms with E-state index in [0.29, 0.717) is 30.8 Å². The summed E-state index contributed by atoms with van der Waals surface area (Å²) in [7, 11) is 2.17. The first-order chi connectivity index (χ1) is 18.3. The highest BCUT2D eigenvalue weighted by atomic mass is 32.2. The number of anilines is 1. The SMILES string of the molecule is CN(CCc1ccc(C2=NCCN2)cc1)C(=O)CCCNCS(=O)(=O)c1cccc2c(N(C)C)cccc12. The minimum atomic E-state index is -3.53. The molecular formula is C29H37N5O3S. The van der Waals surface area contributed by atoms with Crippen LogP contribution in [0, 0.1) is 0 Å². The number of carbonyl (C=O) groups is 1. The molecule has 0 spiro atoms. The summed E-state index contributed by atoms with van der Waals surface area (Å²) in [5, 5.41) is 7.92. The molecule has 1 heterocycles. The van der Waals surface area contributed by atoms with E-state index in [4.69, 9.17) is 0 Å². The third kappa shape index (κ3) is 6.71. The van der Waals surface area contributed by atoms with Crippen molar-refractivity contribution in [2.24, 2.45) is 4.99 Å². The molecule has 0 unspecified atom stereocenters. The first kappa shape index (κ1) is 27.6. The molecule has 0 saturated heterocycles. The van der Waals surface area contributed by atoms with Crippen LogP contribution in [0.1, 0.15) is 24.0 Å². The average molecular weight is 536 g/mol. The van der Waals surface area contributed by atoms with Crippen LogP contribution in [0.4, 0.5) is 5.69 Å². The molecule has 1 aliphatic rings. The van der Waals surface area contributed by atoms with Crippen LogP contribution in [0.2, 0.25) is 0 Å². The predicted molar refractivity (Wildman–Crippen MR) is 155 cm³/mol. The predicted octanol–water partition coefficient (Wildman–Crippen LogP) is 3.06. The number of nitrogens with one attached hydrogen (secondary N) is 2. The van der Waals surface area contributed by atoms with Crippen molar-refractivity contribution in [2.75, 3.05) is 58.1 Å². The molecule has 0 fully saturated rings. The minimum absolute atomic E-state index is 0.0565. The Hall–Kier alpha value is -3.43. The van der Waals surface area contributed by atoms with Crippen LogP contribution in [-0.4, -0.2) is 78.3 Å². The van der Waals surface area contributed by atoms with Gasteiger partial charge in [-0.25, -0.2) is 8.42 Å². The van der Waals surface area contributed by atoms with Gasteiger partial charge < -0.3 is 20.4 Å². The molecule has 1 aliphatic heterocycles. The number of amides is 1. The highest BCUT2D eigenvalue weighted by Crippen LogP contribution is 2.30. The Morgan fingerprint density at radius 1 is 1.00 bits per heavy atom. The molecule has 202 valence electrons. The second-order valence-corrected chi connectivity index (χ2v) is 11.8. The Balaban J connectivity index is 1.21. The second-order valence-electron chi connectivity index (χ2n) is 9.80. The highest BCUT2D eigenvalue weighted by Gasteiger charge is 2.18. The van der Waals surface area contributed by atoms with Gasteiger partial charge in [-0.05, 0) is 37.1 Å². The zero-order valence-corrected chi connectivity index (χ0v) is 23.2. The van der Waals surface area contributed by atoms with Crippen LogP contribution in [0.25, 0.3) is 10.8 Å². The van der Waals surface area contributed by atoms with Gasteiger partial charge in [0.05, 0.1) is 11.4 Å². The largest absolute Gasteiger partial charge is 0.377 e. The van der Waals surface area contributed by atoms with Crippen molar-refractivity contribution >= 4 is 38.0 Å². The second kappa shape index (κ2) is 12.4. The van der Waals surface area contributed by atoms with Crippen molar-refractivity contribution in [1.82, 2.24) is 15.5 Å². The van der Waals surface area contributed by atoms with Gasteiger partial charge in [-0.3, -0.25) is 9.79 Å². The van der Waals surface area contributed by atoms with E-state index in [1.807, 2.05) is 50.3 Å². The number of nitrogens with zero attached hydrogens (tertiary/aromatic N) is 3. The van der Waals surface area contributed by atoms with E-state index in [1.54, 1.807) is 17.0 Å². The van der Waals surface area contributed by atoms with E-state index < -0.39 is 9.84 Å². The Kier molecular flexibility index (Phi) is 9.01. The molecule has 38 heavy (non-hydrogen) atoms. The number of hydrogen-bond acceptors (Lipinski definition) is 7. The van der Waals surface area contributed by atoms with Crippen LogP contribution >= 0.6 is 0 Å². The van der Waals surface area contributed by atoms with Crippen molar-refractivity contribution in [1.29, 1.82) is 0 Å². The van der Waals surface area contributed by atoms with Gasteiger partial charge in [0.2, 0.25) is 5.91 Å². The van der Waals surface area contributed by atoms with Crippen LogP contribution < -0.4 is 15.5 Å². The number of carbonyl (C=O) groups excluding carboxylic acids is 1. The monoisotopic (exact) mass is 535 g/mol. The van der Waals surface area contributed by atoms with Crippen LogP contribution in [0.15, 0.2) is 70.6 Å². The molecule has 0 atom stereocenters. The Morgan fingerprint density at radius 3 is 2.45 bits per heavy atom. The molecule has 2 N–H and O–H groups in total. The van der Waals surface area contributed by atoms with Crippen molar-refractivity contribution in [3.63, 3.8) is 0 Å². The molecule has 3 aromatic carbocycles. The summed E-state index contributed by atoms with van der Waals surface area (Å²) in [5.41, 5.74) is 3.23.